The molecule has 0 unspecified atom stereocenters. The van der Waals surface area contributed by atoms with Crippen LogP contribution in [0.5, 0.6) is 5.75 Å². The summed E-state index contributed by atoms with van der Waals surface area (Å²) in [5, 5.41) is 60.4. The summed E-state index contributed by atoms with van der Waals surface area (Å²) < 4.78 is 22.3. The van der Waals surface area contributed by atoms with Gasteiger partial charge in [-0.15, -0.1) is 0 Å². The second kappa shape index (κ2) is 10.8. The van der Waals surface area contributed by atoms with E-state index in [0.29, 0.717) is 12.0 Å². The van der Waals surface area contributed by atoms with E-state index in [-0.39, 0.29) is 17.7 Å². The molecule has 0 bridgehead atoms. The highest BCUT2D eigenvalue weighted by Crippen LogP contribution is 2.49. The van der Waals surface area contributed by atoms with Crippen molar-refractivity contribution in [1.82, 2.24) is 0 Å². The van der Waals surface area contributed by atoms with Crippen LogP contribution in [0, 0.1) is 11.8 Å². The number of aromatic hydroxyl groups is 1. The molecule has 1 aromatic rings. The van der Waals surface area contributed by atoms with Gasteiger partial charge in [-0.05, 0) is 43.5 Å². The summed E-state index contributed by atoms with van der Waals surface area (Å²) in [4.78, 5) is 24.2. The molecule has 2 heterocycles. The number of carbonyl (C=O) groups is 2. The smallest absolute Gasteiger partial charge is 0.334 e. The third-order valence-electron chi connectivity index (χ3n) is 7.03. The number of rotatable bonds is 7. The standard InChI is InChI=1S/C25H30O12/c1-25(33)9-8-14-15(22(31)32)11-34-23(18(14)25)37-24-21(20(30)19(29)16(10-26)35-24)36-17(28)7-4-12-2-5-13(27)6-3-12/h2-7,11,14,16,18-21,23-24,26-27,29-30,33H,8-10H2,1H3,(H,31,32)/t14-,16-,18-,19-,20+,21-,23+,24+,25-/m1/s1. The number of aliphatic hydroxyl groups is 4. The van der Waals surface area contributed by atoms with Crippen molar-refractivity contribution in [1.29, 1.82) is 0 Å². The lowest BCUT2D eigenvalue weighted by molar-refractivity contribution is -0.346. The van der Waals surface area contributed by atoms with Crippen LogP contribution in [0.15, 0.2) is 42.2 Å². The maximum atomic E-state index is 12.5. The first kappa shape index (κ1) is 27.0. The number of hydrogen-bond acceptors (Lipinski definition) is 11. The molecule has 12 nitrogen and oxygen atoms in total. The number of carboxylic acids is 1. The largest absolute Gasteiger partial charge is 0.508 e. The van der Waals surface area contributed by atoms with E-state index < -0.39 is 73.0 Å². The predicted octanol–water partition coefficient (Wildman–Crippen LogP) is -0.125. The summed E-state index contributed by atoms with van der Waals surface area (Å²) in [7, 11) is 0. The molecule has 0 spiro atoms. The zero-order chi connectivity index (χ0) is 26.9. The van der Waals surface area contributed by atoms with Crippen LogP contribution in [-0.2, 0) is 28.5 Å². The van der Waals surface area contributed by atoms with Crippen molar-refractivity contribution in [2.75, 3.05) is 6.61 Å². The van der Waals surface area contributed by atoms with Gasteiger partial charge in [0.2, 0.25) is 12.6 Å². The average molecular weight is 523 g/mol. The van der Waals surface area contributed by atoms with E-state index in [9.17, 15) is 40.2 Å². The Kier molecular flexibility index (Phi) is 7.88. The molecule has 1 saturated heterocycles. The summed E-state index contributed by atoms with van der Waals surface area (Å²) in [5.41, 5.74) is -0.792. The lowest BCUT2D eigenvalue weighted by Gasteiger charge is -2.44. The van der Waals surface area contributed by atoms with Crippen LogP contribution in [0.2, 0.25) is 0 Å². The summed E-state index contributed by atoms with van der Waals surface area (Å²) in [6.07, 6.45) is -4.80. The summed E-state index contributed by atoms with van der Waals surface area (Å²) in [6, 6.07) is 5.97. The molecule has 0 aromatic heterocycles. The van der Waals surface area contributed by atoms with Gasteiger partial charge in [-0.25, -0.2) is 9.59 Å². The molecule has 12 heteroatoms. The molecule has 2 aliphatic heterocycles. The zero-order valence-corrected chi connectivity index (χ0v) is 19.9. The van der Waals surface area contributed by atoms with Crippen molar-refractivity contribution in [2.45, 2.75) is 62.4 Å². The van der Waals surface area contributed by atoms with Crippen molar-refractivity contribution in [3.63, 3.8) is 0 Å². The van der Waals surface area contributed by atoms with Crippen molar-refractivity contribution >= 4 is 18.0 Å². The van der Waals surface area contributed by atoms with Gasteiger partial charge in [0, 0.05) is 12.0 Å². The van der Waals surface area contributed by atoms with Gasteiger partial charge in [-0.2, -0.15) is 0 Å². The van der Waals surface area contributed by atoms with Crippen LogP contribution in [0.25, 0.3) is 6.08 Å². The summed E-state index contributed by atoms with van der Waals surface area (Å²) in [6.45, 7) is 0.850. The van der Waals surface area contributed by atoms with Gasteiger partial charge in [0.15, 0.2) is 6.10 Å². The summed E-state index contributed by atoms with van der Waals surface area (Å²) in [5.74, 6) is -3.46. The second-order valence-corrected chi connectivity index (χ2v) is 9.58. The molecule has 1 aromatic carbocycles. The van der Waals surface area contributed by atoms with Crippen LogP contribution in [0.3, 0.4) is 0 Å². The van der Waals surface area contributed by atoms with Gasteiger partial charge in [0.1, 0.15) is 24.1 Å². The Bertz CT molecular complexity index is 1050. The fraction of sp³-hybridized carbons (Fsp3) is 0.520. The fourth-order valence-electron chi connectivity index (χ4n) is 5.04. The molecular formula is C25H30O12. The minimum absolute atomic E-state index is 0.0155. The SMILES string of the molecule is C[C@@]1(O)CC[C@@H]2C(C(=O)O)=CO[C@@H](O[C@@H]3O[C@H](CO)[C@@H](O)[C@H](O)[C@H]3OC(=O)C=Cc3ccc(O)cc3)[C@@H]21. The van der Waals surface area contributed by atoms with Crippen LogP contribution < -0.4 is 0 Å². The van der Waals surface area contributed by atoms with Gasteiger partial charge < -0.3 is 49.6 Å². The van der Waals surface area contributed by atoms with Gasteiger partial charge in [0.25, 0.3) is 0 Å². The van der Waals surface area contributed by atoms with Crippen molar-refractivity contribution in [2.24, 2.45) is 11.8 Å². The number of fused-ring (bicyclic) bond motifs is 1. The Morgan fingerprint density at radius 2 is 1.86 bits per heavy atom. The zero-order valence-electron chi connectivity index (χ0n) is 19.9. The van der Waals surface area contributed by atoms with E-state index in [1.54, 1.807) is 12.1 Å². The molecule has 3 aliphatic rings. The lowest BCUT2D eigenvalue weighted by Crippen LogP contribution is -2.61. The number of carboxylic acid groups (broad SMARTS) is 1. The number of benzene rings is 1. The molecule has 6 N–H and O–H groups in total. The Labute approximate surface area is 212 Å². The van der Waals surface area contributed by atoms with Gasteiger partial charge in [0.05, 0.1) is 30.0 Å². The number of esters is 1. The van der Waals surface area contributed by atoms with E-state index in [1.165, 1.54) is 25.1 Å². The number of aliphatic hydroxyl groups excluding tert-OH is 3. The van der Waals surface area contributed by atoms with Crippen LogP contribution in [-0.4, -0.2) is 91.8 Å². The Balaban J connectivity index is 1.55. The highest BCUT2D eigenvalue weighted by atomic mass is 16.8. The van der Waals surface area contributed by atoms with Crippen molar-refractivity contribution < 1.29 is 59.2 Å². The number of phenols is 1. The fourth-order valence-corrected chi connectivity index (χ4v) is 5.04. The van der Waals surface area contributed by atoms with Crippen LogP contribution in [0.4, 0.5) is 0 Å². The Morgan fingerprint density at radius 3 is 2.51 bits per heavy atom. The highest BCUT2D eigenvalue weighted by molar-refractivity contribution is 5.87. The molecule has 0 amide bonds. The van der Waals surface area contributed by atoms with Gasteiger partial charge in [-0.3, -0.25) is 0 Å². The first-order chi connectivity index (χ1) is 17.5. The number of hydrogen-bond donors (Lipinski definition) is 6. The molecule has 2 fully saturated rings. The molecule has 0 radical (unpaired) electrons. The quantitative estimate of drug-likeness (QED) is 0.206. The van der Waals surface area contributed by atoms with Crippen molar-refractivity contribution in [3.05, 3.63) is 47.7 Å². The minimum Gasteiger partial charge on any atom is -0.508 e. The van der Waals surface area contributed by atoms with E-state index in [1.807, 2.05) is 0 Å². The monoisotopic (exact) mass is 522 g/mol. The van der Waals surface area contributed by atoms with E-state index >= 15 is 0 Å². The third kappa shape index (κ3) is 5.64. The number of carbonyl (C=O) groups excluding carboxylic acids is 1. The van der Waals surface area contributed by atoms with E-state index in [4.69, 9.17) is 18.9 Å². The van der Waals surface area contributed by atoms with Gasteiger partial charge >= 0.3 is 11.9 Å². The average Bonchev–Trinajstić information content (AvgIpc) is 3.18. The topological polar surface area (TPSA) is 192 Å². The van der Waals surface area contributed by atoms with E-state index in [0.717, 1.165) is 12.3 Å². The number of aliphatic carboxylic acids is 1. The molecular weight excluding hydrogens is 492 g/mol. The molecule has 1 aliphatic carbocycles. The first-order valence-corrected chi connectivity index (χ1v) is 11.8. The Morgan fingerprint density at radius 1 is 1.16 bits per heavy atom. The van der Waals surface area contributed by atoms with Crippen LogP contribution >= 0.6 is 0 Å². The number of phenolic OH excluding ortho intramolecular Hbond substituents is 1. The third-order valence-corrected chi connectivity index (χ3v) is 7.03. The van der Waals surface area contributed by atoms with Gasteiger partial charge in [-0.1, -0.05) is 12.1 Å². The Hall–Kier alpha value is -3.00. The molecule has 9 atom stereocenters. The predicted molar refractivity (Wildman–Crippen MR) is 123 cm³/mol. The first-order valence-electron chi connectivity index (χ1n) is 11.8. The summed E-state index contributed by atoms with van der Waals surface area (Å²) >= 11 is 0. The maximum absolute atomic E-state index is 12.5. The van der Waals surface area contributed by atoms with Crippen LogP contribution in [0.1, 0.15) is 25.3 Å². The molecule has 202 valence electrons. The molecule has 1 saturated carbocycles. The molecule has 37 heavy (non-hydrogen) atoms. The normalized spacial score (nSPS) is 37.5. The molecule has 4 rings (SSSR count). The highest BCUT2D eigenvalue weighted by Gasteiger charge is 2.56. The minimum atomic E-state index is -1.71. The lowest BCUT2D eigenvalue weighted by atomic mass is 9.81. The van der Waals surface area contributed by atoms with E-state index in [2.05, 4.69) is 0 Å². The number of ether oxygens (including phenoxy) is 4. The second-order valence-electron chi connectivity index (χ2n) is 9.58. The van der Waals surface area contributed by atoms with Crippen molar-refractivity contribution in [3.8, 4) is 5.75 Å². The maximum Gasteiger partial charge on any atom is 0.334 e.